The van der Waals surface area contributed by atoms with Crippen LogP contribution in [0.15, 0.2) is 24.3 Å². The summed E-state index contributed by atoms with van der Waals surface area (Å²) < 4.78 is 12.8. The van der Waals surface area contributed by atoms with Gasteiger partial charge >= 0.3 is 5.97 Å². The lowest BCUT2D eigenvalue weighted by molar-refractivity contribution is -0.137. The van der Waals surface area contributed by atoms with Gasteiger partial charge in [0.25, 0.3) is 0 Å². The van der Waals surface area contributed by atoms with Crippen molar-refractivity contribution >= 4 is 5.97 Å². The van der Waals surface area contributed by atoms with Crippen LogP contribution in [-0.4, -0.2) is 23.7 Å². The smallest absolute Gasteiger partial charge is 0.304 e. The lowest BCUT2D eigenvalue weighted by Gasteiger charge is -2.11. The minimum atomic E-state index is -0.814. The van der Waals surface area contributed by atoms with Crippen LogP contribution in [0.25, 0.3) is 0 Å². The number of hydrogen-bond acceptors (Lipinski definition) is 2. The van der Waals surface area contributed by atoms with Crippen molar-refractivity contribution in [2.24, 2.45) is 0 Å². The number of hydrogen-bond donors (Lipinski definition) is 2. The van der Waals surface area contributed by atoms with Crippen molar-refractivity contribution in [2.75, 3.05) is 6.54 Å². The van der Waals surface area contributed by atoms with Gasteiger partial charge in [-0.15, -0.1) is 0 Å². The summed E-state index contributed by atoms with van der Waals surface area (Å²) in [7, 11) is 0. The predicted octanol–water partition coefficient (Wildman–Crippen LogP) is 1.82. The van der Waals surface area contributed by atoms with E-state index >= 15 is 0 Å². The molecular formula is C12H16FNO2. The van der Waals surface area contributed by atoms with Gasteiger partial charge in [0.15, 0.2) is 0 Å². The Morgan fingerprint density at radius 1 is 1.56 bits per heavy atom. The molecule has 0 amide bonds. The van der Waals surface area contributed by atoms with E-state index in [1.54, 1.807) is 6.07 Å². The Morgan fingerprint density at radius 3 is 2.94 bits per heavy atom. The summed E-state index contributed by atoms with van der Waals surface area (Å²) in [6.45, 7) is 2.47. The predicted molar refractivity (Wildman–Crippen MR) is 59.8 cm³/mol. The number of carbonyl (C=O) groups is 1. The summed E-state index contributed by atoms with van der Waals surface area (Å²) in [6.07, 6.45) is 0.796. The lowest BCUT2D eigenvalue weighted by atomic mass is 10.1. The molecule has 0 fully saturated rings. The van der Waals surface area contributed by atoms with Crippen LogP contribution >= 0.6 is 0 Å². The second-order valence-electron chi connectivity index (χ2n) is 3.83. The number of nitrogens with one attached hydrogen (secondary N) is 1. The van der Waals surface area contributed by atoms with E-state index in [1.165, 1.54) is 12.1 Å². The maximum absolute atomic E-state index is 12.8. The molecule has 0 saturated heterocycles. The van der Waals surface area contributed by atoms with Crippen molar-refractivity contribution in [2.45, 2.75) is 25.8 Å². The van der Waals surface area contributed by atoms with Crippen LogP contribution in [-0.2, 0) is 11.2 Å². The molecular weight excluding hydrogens is 209 g/mol. The highest BCUT2D eigenvalue weighted by Crippen LogP contribution is 2.03. The summed E-state index contributed by atoms with van der Waals surface area (Å²) >= 11 is 0. The molecule has 0 bridgehead atoms. The van der Waals surface area contributed by atoms with Crippen LogP contribution in [0.4, 0.5) is 4.39 Å². The number of halogens is 1. The first-order valence-corrected chi connectivity index (χ1v) is 5.27. The van der Waals surface area contributed by atoms with E-state index in [-0.39, 0.29) is 18.3 Å². The van der Waals surface area contributed by atoms with Gasteiger partial charge in [0.2, 0.25) is 0 Å². The average molecular weight is 225 g/mol. The van der Waals surface area contributed by atoms with Gasteiger partial charge in [-0.05, 0) is 37.6 Å². The van der Waals surface area contributed by atoms with E-state index in [9.17, 15) is 9.18 Å². The van der Waals surface area contributed by atoms with E-state index in [0.29, 0.717) is 13.0 Å². The van der Waals surface area contributed by atoms with Gasteiger partial charge in [-0.25, -0.2) is 4.39 Å². The maximum atomic E-state index is 12.8. The van der Waals surface area contributed by atoms with Gasteiger partial charge < -0.3 is 10.4 Å². The number of carboxylic acid groups (broad SMARTS) is 1. The molecule has 1 aromatic carbocycles. The quantitative estimate of drug-likeness (QED) is 0.776. The molecule has 0 aromatic heterocycles. The van der Waals surface area contributed by atoms with Crippen molar-refractivity contribution in [3.05, 3.63) is 35.6 Å². The Morgan fingerprint density at radius 2 is 2.31 bits per heavy atom. The maximum Gasteiger partial charge on any atom is 0.304 e. The van der Waals surface area contributed by atoms with Gasteiger partial charge in [0.05, 0.1) is 6.42 Å². The fraction of sp³-hybridized carbons (Fsp3) is 0.417. The molecule has 1 unspecified atom stereocenters. The van der Waals surface area contributed by atoms with E-state index in [2.05, 4.69) is 5.32 Å². The topological polar surface area (TPSA) is 49.3 Å². The van der Waals surface area contributed by atoms with Crippen LogP contribution in [0.3, 0.4) is 0 Å². The minimum absolute atomic E-state index is 0.0638. The molecule has 1 aromatic rings. The van der Waals surface area contributed by atoms with Crippen LogP contribution in [0, 0.1) is 5.82 Å². The van der Waals surface area contributed by atoms with Gasteiger partial charge in [0, 0.05) is 6.04 Å². The van der Waals surface area contributed by atoms with Gasteiger partial charge in [0.1, 0.15) is 5.82 Å². The van der Waals surface area contributed by atoms with E-state index < -0.39 is 5.97 Å². The summed E-state index contributed by atoms with van der Waals surface area (Å²) in [5.41, 5.74) is 0.912. The second-order valence-corrected chi connectivity index (χ2v) is 3.83. The van der Waals surface area contributed by atoms with E-state index in [4.69, 9.17) is 5.11 Å². The zero-order valence-electron chi connectivity index (χ0n) is 9.24. The van der Waals surface area contributed by atoms with Crippen molar-refractivity contribution in [1.29, 1.82) is 0 Å². The summed E-state index contributed by atoms with van der Waals surface area (Å²) in [5.74, 6) is -1.05. The van der Waals surface area contributed by atoms with Crippen LogP contribution in [0.1, 0.15) is 18.9 Å². The zero-order valence-corrected chi connectivity index (χ0v) is 9.24. The average Bonchev–Trinajstić information content (AvgIpc) is 2.16. The third kappa shape index (κ3) is 4.89. The summed E-state index contributed by atoms with van der Waals surface area (Å²) in [4.78, 5) is 10.4. The lowest BCUT2D eigenvalue weighted by Crippen LogP contribution is -2.30. The molecule has 3 nitrogen and oxygen atoms in total. The molecule has 4 heteroatoms. The second kappa shape index (κ2) is 6.23. The molecule has 1 atom stereocenters. The summed E-state index contributed by atoms with van der Waals surface area (Å²) in [5, 5.41) is 11.6. The Kier molecular flexibility index (Phi) is 4.92. The molecule has 0 saturated carbocycles. The molecule has 0 aliphatic carbocycles. The molecule has 0 spiro atoms. The minimum Gasteiger partial charge on any atom is -0.481 e. The van der Waals surface area contributed by atoms with Crippen LogP contribution < -0.4 is 5.32 Å². The molecule has 1 rings (SSSR count). The largest absolute Gasteiger partial charge is 0.481 e. The Bertz CT molecular complexity index is 355. The molecule has 0 radical (unpaired) electrons. The van der Waals surface area contributed by atoms with Gasteiger partial charge in [-0.2, -0.15) is 0 Å². The standard InChI is InChI=1S/C12H16FNO2/c1-9(7-12(15)16)14-6-5-10-3-2-4-11(13)8-10/h2-4,8-9,14H,5-7H2,1H3,(H,15,16). The number of carboxylic acids is 1. The Hall–Kier alpha value is -1.42. The van der Waals surface area contributed by atoms with E-state index in [1.807, 2.05) is 13.0 Å². The number of rotatable bonds is 6. The SMILES string of the molecule is CC(CC(=O)O)NCCc1cccc(F)c1. The van der Waals surface area contributed by atoms with Crippen molar-refractivity contribution in [3.8, 4) is 0 Å². The Labute approximate surface area is 94.3 Å². The molecule has 0 aliphatic rings. The first-order chi connectivity index (χ1) is 7.58. The normalized spacial score (nSPS) is 12.4. The summed E-state index contributed by atoms with van der Waals surface area (Å²) in [6, 6.07) is 6.36. The van der Waals surface area contributed by atoms with Crippen LogP contribution in [0.5, 0.6) is 0 Å². The first-order valence-electron chi connectivity index (χ1n) is 5.27. The Balaban J connectivity index is 2.27. The third-order valence-corrected chi connectivity index (χ3v) is 2.28. The highest BCUT2D eigenvalue weighted by Gasteiger charge is 2.06. The molecule has 0 heterocycles. The zero-order chi connectivity index (χ0) is 12.0. The van der Waals surface area contributed by atoms with E-state index in [0.717, 1.165) is 5.56 Å². The fourth-order valence-corrected chi connectivity index (χ4v) is 1.49. The van der Waals surface area contributed by atoms with Crippen molar-refractivity contribution < 1.29 is 14.3 Å². The molecule has 2 N–H and O–H groups in total. The molecule has 88 valence electrons. The number of benzene rings is 1. The number of aliphatic carboxylic acids is 1. The van der Waals surface area contributed by atoms with Gasteiger partial charge in [-0.3, -0.25) is 4.79 Å². The van der Waals surface area contributed by atoms with Crippen molar-refractivity contribution in [3.63, 3.8) is 0 Å². The third-order valence-electron chi connectivity index (χ3n) is 2.28. The van der Waals surface area contributed by atoms with Crippen molar-refractivity contribution in [1.82, 2.24) is 5.32 Å². The highest BCUT2D eigenvalue weighted by atomic mass is 19.1. The molecule has 16 heavy (non-hydrogen) atoms. The van der Waals surface area contributed by atoms with Gasteiger partial charge in [-0.1, -0.05) is 12.1 Å². The first kappa shape index (κ1) is 12.6. The molecule has 0 aliphatic heterocycles. The highest BCUT2D eigenvalue weighted by molar-refractivity contribution is 5.67. The van der Waals surface area contributed by atoms with Crippen LogP contribution in [0.2, 0.25) is 0 Å². The monoisotopic (exact) mass is 225 g/mol. The fourth-order valence-electron chi connectivity index (χ4n) is 1.49.